The number of H-pyrrole nitrogens is 1. The molecule has 1 aliphatic heterocycles. The number of amides is 2. The van der Waals surface area contributed by atoms with Crippen LogP contribution in [0, 0.1) is 5.92 Å². The topological polar surface area (TPSA) is 98.3 Å². The van der Waals surface area contributed by atoms with Gasteiger partial charge in [-0.15, -0.1) is 0 Å². The Morgan fingerprint density at radius 3 is 3.11 bits per heavy atom. The van der Waals surface area contributed by atoms with Crippen LogP contribution >= 0.6 is 0 Å². The van der Waals surface area contributed by atoms with E-state index < -0.39 is 6.09 Å². The number of nitrogens with zero attached hydrogens (tertiary/aromatic N) is 2. The predicted octanol–water partition coefficient (Wildman–Crippen LogP) is 0.529. The fourth-order valence-corrected chi connectivity index (χ4v) is 2.12. The molecule has 2 amide bonds. The number of aromatic nitrogens is 2. The van der Waals surface area contributed by atoms with Gasteiger partial charge in [-0.05, 0) is 18.8 Å². The van der Waals surface area contributed by atoms with E-state index >= 15 is 0 Å². The number of nitrogens with one attached hydrogen (secondary N) is 2. The first-order valence-electron chi connectivity index (χ1n) is 5.91. The first-order valence-corrected chi connectivity index (χ1v) is 5.91. The van der Waals surface area contributed by atoms with Crippen molar-refractivity contribution >= 4 is 12.0 Å². The van der Waals surface area contributed by atoms with Crippen LogP contribution < -0.4 is 5.32 Å². The molecule has 3 N–H and O–H groups in total. The summed E-state index contributed by atoms with van der Waals surface area (Å²) < 4.78 is 0. The number of carboxylic acid groups (broad SMARTS) is 1. The smallest absolute Gasteiger partial charge is 0.407 e. The molecule has 18 heavy (non-hydrogen) atoms. The summed E-state index contributed by atoms with van der Waals surface area (Å²) >= 11 is 0. The summed E-state index contributed by atoms with van der Waals surface area (Å²) in [6, 6.07) is 0. The van der Waals surface area contributed by atoms with E-state index in [-0.39, 0.29) is 11.8 Å². The zero-order valence-corrected chi connectivity index (χ0v) is 9.93. The predicted molar refractivity (Wildman–Crippen MR) is 63.2 cm³/mol. The van der Waals surface area contributed by atoms with Crippen molar-refractivity contribution in [3.63, 3.8) is 0 Å². The van der Waals surface area contributed by atoms with E-state index in [1.165, 1.54) is 17.3 Å². The molecule has 1 aliphatic rings. The van der Waals surface area contributed by atoms with Gasteiger partial charge in [-0.2, -0.15) is 5.10 Å². The SMILES string of the molecule is O=C(NCC1CCCN(C(=O)O)C1)c1cn[nH]c1. The minimum Gasteiger partial charge on any atom is -0.465 e. The van der Waals surface area contributed by atoms with Crippen LogP contribution in [0.25, 0.3) is 0 Å². The number of piperidine rings is 1. The van der Waals surface area contributed by atoms with E-state index in [1.54, 1.807) is 0 Å². The molecule has 0 spiro atoms. The number of likely N-dealkylation sites (tertiary alicyclic amines) is 1. The molecule has 0 saturated carbocycles. The Morgan fingerprint density at radius 1 is 1.61 bits per heavy atom. The summed E-state index contributed by atoms with van der Waals surface area (Å²) in [4.78, 5) is 23.9. The first kappa shape index (κ1) is 12.4. The van der Waals surface area contributed by atoms with Gasteiger partial charge in [0.15, 0.2) is 0 Å². The Kier molecular flexibility index (Phi) is 3.81. The number of aromatic amines is 1. The van der Waals surface area contributed by atoms with Gasteiger partial charge in [-0.1, -0.05) is 0 Å². The van der Waals surface area contributed by atoms with Crippen LogP contribution in [0.15, 0.2) is 12.4 Å². The maximum absolute atomic E-state index is 11.7. The second kappa shape index (κ2) is 5.52. The molecule has 0 aliphatic carbocycles. The van der Waals surface area contributed by atoms with Gasteiger partial charge < -0.3 is 15.3 Å². The summed E-state index contributed by atoms with van der Waals surface area (Å²) in [6.07, 6.45) is 3.88. The molecule has 1 saturated heterocycles. The van der Waals surface area contributed by atoms with Crippen LogP contribution in [0.1, 0.15) is 23.2 Å². The van der Waals surface area contributed by atoms with Crippen LogP contribution in [-0.2, 0) is 0 Å². The molecule has 7 heteroatoms. The lowest BCUT2D eigenvalue weighted by atomic mass is 9.98. The second-order valence-electron chi connectivity index (χ2n) is 4.43. The molecule has 98 valence electrons. The highest BCUT2D eigenvalue weighted by Crippen LogP contribution is 2.15. The fourth-order valence-electron chi connectivity index (χ4n) is 2.12. The quantitative estimate of drug-likeness (QED) is 0.730. The molecule has 1 fully saturated rings. The fraction of sp³-hybridized carbons (Fsp3) is 0.545. The Hall–Kier alpha value is -2.05. The maximum atomic E-state index is 11.7. The van der Waals surface area contributed by atoms with Crippen LogP contribution in [0.3, 0.4) is 0 Å². The van der Waals surface area contributed by atoms with E-state index in [4.69, 9.17) is 5.11 Å². The van der Waals surface area contributed by atoms with Crippen LogP contribution in [0.5, 0.6) is 0 Å². The number of rotatable bonds is 3. The largest absolute Gasteiger partial charge is 0.465 e. The summed E-state index contributed by atoms with van der Waals surface area (Å²) in [5, 5.41) is 18.0. The average molecular weight is 252 g/mol. The van der Waals surface area contributed by atoms with Gasteiger partial charge in [0.25, 0.3) is 5.91 Å². The Morgan fingerprint density at radius 2 is 2.44 bits per heavy atom. The van der Waals surface area contributed by atoms with Crippen LogP contribution in [0.2, 0.25) is 0 Å². The van der Waals surface area contributed by atoms with Gasteiger partial charge >= 0.3 is 6.09 Å². The minimum absolute atomic E-state index is 0.184. The molecule has 2 heterocycles. The summed E-state index contributed by atoms with van der Waals surface area (Å²) in [6.45, 7) is 1.57. The molecule has 1 aromatic heterocycles. The van der Waals surface area contributed by atoms with Crippen molar-refractivity contribution in [3.05, 3.63) is 18.0 Å². The molecule has 0 radical (unpaired) electrons. The third-order valence-corrected chi connectivity index (χ3v) is 3.10. The van der Waals surface area contributed by atoms with Crippen molar-refractivity contribution in [2.75, 3.05) is 19.6 Å². The van der Waals surface area contributed by atoms with E-state index in [0.29, 0.717) is 25.2 Å². The summed E-state index contributed by atoms with van der Waals surface area (Å²) in [7, 11) is 0. The number of carbonyl (C=O) groups is 2. The lowest BCUT2D eigenvalue weighted by Gasteiger charge is -2.30. The van der Waals surface area contributed by atoms with Crippen LogP contribution in [0.4, 0.5) is 4.79 Å². The van der Waals surface area contributed by atoms with Gasteiger partial charge in [0.05, 0.1) is 11.8 Å². The highest BCUT2D eigenvalue weighted by molar-refractivity contribution is 5.93. The highest BCUT2D eigenvalue weighted by atomic mass is 16.4. The molecule has 2 rings (SSSR count). The molecule has 1 unspecified atom stereocenters. The van der Waals surface area contributed by atoms with Gasteiger partial charge in [0.2, 0.25) is 0 Å². The van der Waals surface area contributed by atoms with Gasteiger partial charge in [0.1, 0.15) is 0 Å². The summed E-state index contributed by atoms with van der Waals surface area (Å²) in [5.41, 5.74) is 0.487. The normalized spacial score (nSPS) is 19.6. The van der Waals surface area contributed by atoms with E-state index in [1.807, 2.05) is 0 Å². The van der Waals surface area contributed by atoms with Gasteiger partial charge in [-0.3, -0.25) is 9.89 Å². The third-order valence-electron chi connectivity index (χ3n) is 3.10. The monoisotopic (exact) mass is 252 g/mol. The highest BCUT2D eigenvalue weighted by Gasteiger charge is 2.23. The van der Waals surface area contributed by atoms with E-state index in [9.17, 15) is 9.59 Å². The number of carbonyl (C=O) groups excluding carboxylic acids is 1. The standard InChI is InChI=1S/C11H16N4O3/c16-10(9-5-13-14-6-9)12-4-8-2-1-3-15(7-8)11(17)18/h5-6,8H,1-4,7H2,(H,12,16)(H,13,14)(H,17,18). The van der Waals surface area contributed by atoms with Crippen molar-refractivity contribution in [1.29, 1.82) is 0 Å². The van der Waals surface area contributed by atoms with Crippen LogP contribution in [-0.4, -0.2) is 51.8 Å². The van der Waals surface area contributed by atoms with Crippen molar-refractivity contribution in [2.45, 2.75) is 12.8 Å². The Labute approximate surface area is 104 Å². The second-order valence-corrected chi connectivity index (χ2v) is 4.43. The molecular weight excluding hydrogens is 236 g/mol. The number of hydrogen-bond donors (Lipinski definition) is 3. The van der Waals surface area contributed by atoms with Gasteiger partial charge in [0, 0.05) is 25.8 Å². The van der Waals surface area contributed by atoms with Crippen molar-refractivity contribution in [1.82, 2.24) is 20.4 Å². The van der Waals surface area contributed by atoms with E-state index in [0.717, 1.165) is 12.8 Å². The van der Waals surface area contributed by atoms with E-state index in [2.05, 4.69) is 15.5 Å². The third kappa shape index (κ3) is 2.99. The molecule has 1 aromatic rings. The molecule has 0 aromatic carbocycles. The van der Waals surface area contributed by atoms with Gasteiger partial charge in [-0.25, -0.2) is 4.79 Å². The van der Waals surface area contributed by atoms with Crippen molar-refractivity contribution in [3.8, 4) is 0 Å². The lowest BCUT2D eigenvalue weighted by molar-refractivity contribution is 0.0929. The average Bonchev–Trinajstić information content (AvgIpc) is 2.90. The Balaban J connectivity index is 1.80. The zero-order valence-electron chi connectivity index (χ0n) is 9.93. The Bertz CT molecular complexity index is 418. The minimum atomic E-state index is -0.888. The molecule has 1 atom stereocenters. The molecule has 7 nitrogen and oxygen atoms in total. The van der Waals surface area contributed by atoms with Crippen molar-refractivity contribution < 1.29 is 14.7 Å². The van der Waals surface area contributed by atoms with Crippen molar-refractivity contribution in [2.24, 2.45) is 5.92 Å². The molecule has 0 bridgehead atoms. The summed E-state index contributed by atoms with van der Waals surface area (Å²) in [5.74, 6) is 0.00176. The maximum Gasteiger partial charge on any atom is 0.407 e. The zero-order chi connectivity index (χ0) is 13.0. The molecular formula is C11H16N4O3. The number of hydrogen-bond acceptors (Lipinski definition) is 3. The first-order chi connectivity index (χ1) is 8.66. The lowest BCUT2D eigenvalue weighted by Crippen LogP contribution is -2.43.